The Kier molecular flexibility index (Phi) is 5.62. The molecule has 0 aromatic heterocycles. The van der Waals surface area contributed by atoms with E-state index < -0.39 is 5.97 Å². The quantitative estimate of drug-likeness (QED) is 0.863. The van der Waals surface area contributed by atoms with Gasteiger partial charge in [-0.3, -0.25) is 9.59 Å². The van der Waals surface area contributed by atoms with Crippen molar-refractivity contribution in [2.24, 2.45) is 11.8 Å². The molecule has 5 heteroatoms. The minimum atomic E-state index is -0.741. The van der Waals surface area contributed by atoms with E-state index in [0.29, 0.717) is 6.42 Å². The van der Waals surface area contributed by atoms with Crippen molar-refractivity contribution in [2.75, 3.05) is 26.7 Å². The summed E-state index contributed by atoms with van der Waals surface area (Å²) in [4.78, 5) is 28.4. The first kappa shape index (κ1) is 16.3. The topological polar surface area (TPSA) is 60.9 Å². The van der Waals surface area contributed by atoms with Gasteiger partial charge in [0.1, 0.15) is 0 Å². The summed E-state index contributed by atoms with van der Waals surface area (Å²) in [6, 6.07) is 0.273. The number of nitrogens with zero attached hydrogens (tertiary/aromatic N) is 2. The smallest absolute Gasteiger partial charge is 0.306 e. The molecule has 0 radical (unpaired) electrons. The molecule has 0 bridgehead atoms. The first-order valence-corrected chi connectivity index (χ1v) is 8.24. The van der Waals surface area contributed by atoms with Crippen LogP contribution in [0.15, 0.2) is 0 Å². The Hall–Kier alpha value is -1.10. The van der Waals surface area contributed by atoms with Gasteiger partial charge in [-0.05, 0) is 45.7 Å². The van der Waals surface area contributed by atoms with Crippen LogP contribution < -0.4 is 0 Å². The molecule has 1 saturated heterocycles. The number of amides is 1. The zero-order valence-corrected chi connectivity index (χ0v) is 13.3. The van der Waals surface area contributed by atoms with Gasteiger partial charge in [-0.15, -0.1) is 0 Å². The number of rotatable bonds is 3. The maximum Gasteiger partial charge on any atom is 0.306 e. The summed E-state index contributed by atoms with van der Waals surface area (Å²) in [5, 5.41) is 9.19. The lowest BCUT2D eigenvalue weighted by Crippen LogP contribution is -2.47. The van der Waals surface area contributed by atoms with Crippen molar-refractivity contribution >= 4 is 11.9 Å². The number of aliphatic carboxylic acids is 1. The molecule has 0 aromatic rings. The Labute approximate surface area is 127 Å². The van der Waals surface area contributed by atoms with Gasteiger partial charge in [-0.25, -0.2) is 0 Å². The van der Waals surface area contributed by atoms with Gasteiger partial charge in [-0.2, -0.15) is 0 Å². The lowest BCUT2D eigenvalue weighted by molar-refractivity contribution is -0.146. The third kappa shape index (κ3) is 3.96. The molecule has 5 nitrogen and oxygen atoms in total. The lowest BCUT2D eigenvalue weighted by Gasteiger charge is -2.35. The van der Waals surface area contributed by atoms with Gasteiger partial charge < -0.3 is 14.9 Å². The Morgan fingerprint density at radius 2 is 1.86 bits per heavy atom. The largest absolute Gasteiger partial charge is 0.481 e. The van der Waals surface area contributed by atoms with Crippen LogP contribution in [0.25, 0.3) is 0 Å². The Morgan fingerprint density at radius 3 is 2.52 bits per heavy atom. The second kappa shape index (κ2) is 7.25. The number of carboxylic acids is 1. The SMILES string of the molecule is CCC1CN(C)CCCN1C(=O)C1CCCC(C(=O)O)C1. The van der Waals surface area contributed by atoms with Gasteiger partial charge in [0.2, 0.25) is 5.91 Å². The molecule has 1 aliphatic heterocycles. The second-order valence-electron chi connectivity index (χ2n) is 6.61. The summed E-state index contributed by atoms with van der Waals surface area (Å²) in [7, 11) is 2.11. The fourth-order valence-electron chi connectivity index (χ4n) is 3.76. The second-order valence-corrected chi connectivity index (χ2v) is 6.61. The fourth-order valence-corrected chi connectivity index (χ4v) is 3.76. The number of carboxylic acid groups (broad SMARTS) is 1. The molecular weight excluding hydrogens is 268 g/mol. The average molecular weight is 296 g/mol. The molecule has 1 aliphatic carbocycles. The molecule has 2 aliphatic rings. The van der Waals surface area contributed by atoms with E-state index in [0.717, 1.165) is 51.7 Å². The van der Waals surface area contributed by atoms with Gasteiger partial charge in [0.05, 0.1) is 5.92 Å². The third-order valence-electron chi connectivity index (χ3n) is 5.03. The average Bonchev–Trinajstić information content (AvgIpc) is 2.67. The summed E-state index contributed by atoms with van der Waals surface area (Å²) in [6.07, 6.45) is 4.93. The van der Waals surface area contributed by atoms with Crippen molar-refractivity contribution < 1.29 is 14.7 Å². The van der Waals surface area contributed by atoms with E-state index in [1.165, 1.54) is 0 Å². The Balaban J connectivity index is 2.04. The van der Waals surface area contributed by atoms with E-state index in [1.807, 2.05) is 4.90 Å². The van der Waals surface area contributed by atoms with Crippen molar-refractivity contribution in [3.63, 3.8) is 0 Å². The predicted octanol–water partition coefficient (Wildman–Crippen LogP) is 1.82. The van der Waals surface area contributed by atoms with Gasteiger partial charge in [0.25, 0.3) is 0 Å². The molecular formula is C16H28N2O3. The minimum Gasteiger partial charge on any atom is -0.481 e. The van der Waals surface area contributed by atoms with Crippen LogP contribution in [0.3, 0.4) is 0 Å². The fraction of sp³-hybridized carbons (Fsp3) is 0.875. The standard InChI is InChI=1S/C16H28N2O3/c1-3-14-11-17(2)8-5-9-18(14)15(19)12-6-4-7-13(10-12)16(20)21/h12-14H,3-11H2,1-2H3,(H,20,21). The summed E-state index contributed by atoms with van der Waals surface area (Å²) in [6.45, 7) is 4.90. The van der Waals surface area contributed by atoms with Crippen LogP contribution in [0.4, 0.5) is 0 Å². The van der Waals surface area contributed by atoms with E-state index in [1.54, 1.807) is 0 Å². The highest BCUT2D eigenvalue weighted by atomic mass is 16.4. The zero-order chi connectivity index (χ0) is 15.4. The monoisotopic (exact) mass is 296 g/mol. The first-order valence-electron chi connectivity index (χ1n) is 8.24. The molecule has 2 fully saturated rings. The van der Waals surface area contributed by atoms with Gasteiger partial charge in [-0.1, -0.05) is 13.3 Å². The number of likely N-dealkylation sites (N-methyl/N-ethyl adjacent to an activating group) is 1. The maximum atomic E-state index is 12.9. The highest BCUT2D eigenvalue weighted by Crippen LogP contribution is 2.31. The van der Waals surface area contributed by atoms with Crippen LogP contribution >= 0.6 is 0 Å². The Morgan fingerprint density at radius 1 is 1.14 bits per heavy atom. The molecule has 2 rings (SSSR count). The summed E-state index contributed by atoms with van der Waals surface area (Å²) < 4.78 is 0. The van der Waals surface area contributed by atoms with Gasteiger partial charge >= 0.3 is 5.97 Å². The van der Waals surface area contributed by atoms with E-state index >= 15 is 0 Å². The van der Waals surface area contributed by atoms with Crippen molar-refractivity contribution in [1.82, 2.24) is 9.80 Å². The predicted molar refractivity (Wildman–Crippen MR) is 81.0 cm³/mol. The molecule has 3 unspecified atom stereocenters. The van der Waals surface area contributed by atoms with Crippen LogP contribution in [-0.2, 0) is 9.59 Å². The number of carbonyl (C=O) groups is 2. The van der Waals surface area contributed by atoms with E-state index in [9.17, 15) is 14.7 Å². The molecule has 1 heterocycles. The van der Waals surface area contributed by atoms with Crippen molar-refractivity contribution in [1.29, 1.82) is 0 Å². The van der Waals surface area contributed by atoms with Crippen molar-refractivity contribution in [2.45, 2.75) is 51.5 Å². The minimum absolute atomic E-state index is 0.0858. The van der Waals surface area contributed by atoms with E-state index in [4.69, 9.17) is 0 Å². The summed E-state index contributed by atoms with van der Waals surface area (Å²) >= 11 is 0. The van der Waals surface area contributed by atoms with Crippen LogP contribution in [0, 0.1) is 11.8 Å². The highest BCUT2D eigenvalue weighted by Gasteiger charge is 2.35. The molecule has 120 valence electrons. The third-order valence-corrected chi connectivity index (χ3v) is 5.03. The first-order chi connectivity index (χ1) is 10.0. The summed E-state index contributed by atoms with van der Waals surface area (Å²) in [5.74, 6) is -0.960. The zero-order valence-electron chi connectivity index (χ0n) is 13.3. The van der Waals surface area contributed by atoms with Crippen molar-refractivity contribution in [3.8, 4) is 0 Å². The molecule has 0 aromatic carbocycles. The van der Waals surface area contributed by atoms with Crippen LogP contribution in [-0.4, -0.2) is 59.5 Å². The van der Waals surface area contributed by atoms with Gasteiger partial charge in [0, 0.05) is 25.0 Å². The summed E-state index contributed by atoms with van der Waals surface area (Å²) in [5.41, 5.74) is 0. The Bertz CT molecular complexity index is 386. The van der Waals surface area contributed by atoms with E-state index in [2.05, 4.69) is 18.9 Å². The maximum absolute atomic E-state index is 12.9. The molecule has 0 spiro atoms. The molecule has 21 heavy (non-hydrogen) atoms. The van der Waals surface area contributed by atoms with E-state index in [-0.39, 0.29) is 23.8 Å². The number of hydrogen-bond donors (Lipinski definition) is 1. The normalized spacial score (nSPS) is 31.7. The molecule has 1 amide bonds. The lowest BCUT2D eigenvalue weighted by atomic mass is 9.80. The molecule has 3 atom stereocenters. The van der Waals surface area contributed by atoms with Gasteiger partial charge in [0.15, 0.2) is 0 Å². The number of carbonyl (C=O) groups excluding carboxylic acids is 1. The van der Waals surface area contributed by atoms with Crippen LogP contribution in [0.2, 0.25) is 0 Å². The number of hydrogen-bond acceptors (Lipinski definition) is 3. The van der Waals surface area contributed by atoms with Crippen LogP contribution in [0.5, 0.6) is 0 Å². The van der Waals surface area contributed by atoms with Crippen molar-refractivity contribution in [3.05, 3.63) is 0 Å². The van der Waals surface area contributed by atoms with Crippen LogP contribution in [0.1, 0.15) is 45.4 Å². The molecule has 1 saturated carbocycles. The molecule has 1 N–H and O–H groups in total. The highest BCUT2D eigenvalue weighted by molar-refractivity contribution is 5.80.